The lowest BCUT2D eigenvalue weighted by atomic mass is 10.2. The third kappa shape index (κ3) is 2.05. The average Bonchev–Trinajstić information content (AvgIpc) is 3.01. The highest BCUT2D eigenvalue weighted by Gasteiger charge is 2.20. The highest BCUT2D eigenvalue weighted by atomic mass is 35.5. The molecular formula is C14H17ClN4S. The van der Waals surface area contributed by atoms with E-state index in [9.17, 15) is 0 Å². The van der Waals surface area contributed by atoms with Gasteiger partial charge in [0, 0.05) is 7.05 Å². The van der Waals surface area contributed by atoms with E-state index in [1.165, 1.54) is 11.1 Å². The van der Waals surface area contributed by atoms with Crippen LogP contribution in [-0.4, -0.2) is 19.3 Å². The first-order valence-electron chi connectivity index (χ1n) is 6.54. The van der Waals surface area contributed by atoms with E-state index in [0.717, 1.165) is 29.2 Å². The summed E-state index contributed by atoms with van der Waals surface area (Å²) in [6.07, 6.45) is 0. The fourth-order valence-corrected chi connectivity index (χ4v) is 3.55. The van der Waals surface area contributed by atoms with E-state index >= 15 is 0 Å². The van der Waals surface area contributed by atoms with Gasteiger partial charge in [0.15, 0.2) is 5.65 Å². The monoisotopic (exact) mass is 308 g/mol. The molecule has 0 aliphatic heterocycles. The normalized spacial score (nSPS) is 13.2. The molecule has 0 radical (unpaired) electrons. The van der Waals surface area contributed by atoms with Gasteiger partial charge in [-0.2, -0.15) is 16.4 Å². The maximum absolute atomic E-state index is 6.31. The number of hydrogen-bond acceptors (Lipinski definition) is 3. The van der Waals surface area contributed by atoms with Crippen LogP contribution < -0.4 is 0 Å². The fourth-order valence-electron chi connectivity index (χ4n) is 2.53. The summed E-state index contributed by atoms with van der Waals surface area (Å²) in [5, 5.41) is 8.69. The van der Waals surface area contributed by atoms with Crippen molar-refractivity contribution < 1.29 is 0 Å². The lowest BCUT2D eigenvalue weighted by Gasteiger charge is -2.11. The van der Waals surface area contributed by atoms with Crippen LogP contribution in [0, 0.1) is 13.8 Å². The minimum atomic E-state index is -0.124. The minimum Gasteiger partial charge on any atom is -0.307 e. The molecule has 20 heavy (non-hydrogen) atoms. The van der Waals surface area contributed by atoms with Crippen molar-refractivity contribution >= 4 is 34.1 Å². The van der Waals surface area contributed by atoms with Crippen LogP contribution in [0.3, 0.4) is 0 Å². The van der Waals surface area contributed by atoms with Crippen LogP contribution in [0.15, 0.2) is 10.8 Å². The predicted molar refractivity (Wildman–Crippen MR) is 83.7 cm³/mol. The van der Waals surface area contributed by atoms with E-state index in [0.29, 0.717) is 0 Å². The van der Waals surface area contributed by atoms with Crippen molar-refractivity contribution in [3.63, 3.8) is 0 Å². The smallest absolute Gasteiger partial charge is 0.159 e. The second-order valence-corrected chi connectivity index (χ2v) is 6.53. The third-order valence-corrected chi connectivity index (χ3v) is 4.67. The molecule has 3 heterocycles. The quantitative estimate of drug-likeness (QED) is 0.690. The summed E-state index contributed by atoms with van der Waals surface area (Å²) in [5.41, 5.74) is 5.55. The van der Waals surface area contributed by atoms with Crippen LogP contribution in [0.2, 0.25) is 0 Å². The molecule has 0 N–H and O–H groups in total. The van der Waals surface area contributed by atoms with E-state index < -0.39 is 0 Å². The molecule has 0 bridgehead atoms. The van der Waals surface area contributed by atoms with Crippen LogP contribution in [0.5, 0.6) is 0 Å². The highest BCUT2D eigenvalue weighted by molar-refractivity contribution is 7.08. The summed E-state index contributed by atoms with van der Waals surface area (Å²) in [7, 11) is 1.96. The van der Waals surface area contributed by atoms with Gasteiger partial charge in [-0.1, -0.05) is 0 Å². The Kier molecular flexibility index (Phi) is 3.34. The summed E-state index contributed by atoms with van der Waals surface area (Å²) >= 11 is 8.04. The lowest BCUT2D eigenvalue weighted by molar-refractivity contribution is 0.686. The predicted octanol–water partition coefficient (Wildman–Crippen LogP) is 3.80. The molecule has 0 spiro atoms. The number of aromatic nitrogens is 4. The minimum absolute atomic E-state index is 0.124. The molecule has 1 unspecified atom stereocenters. The Morgan fingerprint density at radius 1 is 1.35 bits per heavy atom. The molecule has 0 aliphatic rings. The number of alkyl halides is 1. The Morgan fingerprint density at radius 2 is 2.10 bits per heavy atom. The van der Waals surface area contributed by atoms with Crippen molar-refractivity contribution in [2.45, 2.75) is 32.7 Å². The van der Waals surface area contributed by atoms with Crippen molar-refractivity contribution in [2.24, 2.45) is 7.05 Å². The highest BCUT2D eigenvalue weighted by Crippen LogP contribution is 2.28. The first kappa shape index (κ1) is 13.6. The van der Waals surface area contributed by atoms with Crippen LogP contribution in [0.1, 0.15) is 34.9 Å². The Labute approximate surface area is 127 Å². The molecule has 0 aromatic carbocycles. The maximum Gasteiger partial charge on any atom is 0.159 e. The van der Waals surface area contributed by atoms with E-state index in [1.54, 1.807) is 11.3 Å². The Balaban J connectivity index is 2.21. The topological polar surface area (TPSA) is 35.6 Å². The van der Waals surface area contributed by atoms with Gasteiger partial charge in [0.2, 0.25) is 0 Å². The number of fused-ring (bicyclic) bond motifs is 1. The summed E-state index contributed by atoms with van der Waals surface area (Å²) in [6, 6.07) is 0. The van der Waals surface area contributed by atoms with Gasteiger partial charge >= 0.3 is 0 Å². The van der Waals surface area contributed by atoms with Crippen molar-refractivity contribution in [3.05, 3.63) is 33.4 Å². The van der Waals surface area contributed by atoms with Crippen molar-refractivity contribution in [2.75, 3.05) is 0 Å². The van der Waals surface area contributed by atoms with Gasteiger partial charge in [-0.05, 0) is 42.7 Å². The zero-order valence-electron chi connectivity index (χ0n) is 12.0. The number of hydrogen-bond donors (Lipinski definition) is 0. The van der Waals surface area contributed by atoms with Crippen molar-refractivity contribution in [1.82, 2.24) is 19.3 Å². The van der Waals surface area contributed by atoms with Gasteiger partial charge < -0.3 is 4.57 Å². The Bertz CT molecular complexity index is 766. The van der Waals surface area contributed by atoms with Gasteiger partial charge in [0.1, 0.15) is 11.3 Å². The molecule has 0 fully saturated rings. The van der Waals surface area contributed by atoms with Crippen LogP contribution in [0.4, 0.5) is 0 Å². The molecule has 106 valence electrons. The molecule has 0 aliphatic carbocycles. The molecule has 3 rings (SSSR count). The van der Waals surface area contributed by atoms with Crippen LogP contribution in [0.25, 0.3) is 11.2 Å². The second kappa shape index (κ2) is 4.90. The number of nitrogens with zero attached hydrogens (tertiary/aromatic N) is 4. The van der Waals surface area contributed by atoms with Crippen LogP contribution >= 0.6 is 22.9 Å². The van der Waals surface area contributed by atoms with Gasteiger partial charge in [0.25, 0.3) is 0 Å². The number of halogens is 1. The number of imidazole rings is 1. The molecule has 0 saturated heterocycles. The summed E-state index contributed by atoms with van der Waals surface area (Å²) in [6.45, 7) is 6.87. The van der Waals surface area contributed by atoms with Crippen molar-refractivity contribution in [3.8, 4) is 0 Å². The van der Waals surface area contributed by atoms with Crippen LogP contribution in [-0.2, 0) is 13.6 Å². The average molecular weight is 309 g/mol. The van der Waals surface area contributed by atoms with E-state index in [4.69, 9.17) is 16.6 Å². The largest absolute Gasteiger partial charge is 0.307 e. The fraction of sp³-hybridized carbons (Fsp3) is 0.429. The zero-order valence-corrected chi connectivity index (χ0v) is 13.6. The zero-order chi connectivity index (χ0) is 14.4. The molecule has 3 aromatic rings. The molecule has 1 atom stereocenters. The van der Waals surface area contributed by atoms with Gasteiger partial charge in [-0.3, -0.25) is 4.68 Å². The van der Waals surface area contributed by atoms with E-state index in [1.807, 2.05) is 25.6 Å². The Hall–Kier alpha value is -1.33. The second-order valence-electron chi connectivity index (χ2n) is 5.13. The van der Waals surface area contributed by atoms with Crippen molar-refractivity contribution in [1.29, 1.82) is 0 Å². The maximum atomic E-state index is 6.31. The molecular weight excluding hydrogens is 292 g/mol. The number of aryl methyl sites for hydroxylation is 3. The standard InChI is InChI=1S/C14H17ClN4S/c1-8-6-20-7-11(8)5-19-13(9(2)15)16-12-10(3)17-18(4)14(12)19/h6-7,9H,5H2,1-4H3. The van der Waals surface area contributed by atoms with E-state index in [-0.39, 0.29) is 5.38 Å². The molecule has 4 nitrogen and oxygen atoms in total. The van der Waals surface area contributed by atoms with Gasteiger partial charge in [-0.25, -0.2) is 4.98 Å². The number of rotatable bonds is 3. The van der Waals surface area contributed by atoms with E-state index in [2.05, 4.69) is 27.3 Å². The summed E-state index contributed by atoms with van der Waals surface area (Å²) < 4.78 is 4.07. The number of thiophene rings is 1. The summed E-state index contributed by atoms with van der Waals surface area (Å²) in [4.78, 5) is 4.69. The molecule has 0 saturated carbocycles. The van der Waals surface area contributed by atoms with Gasteiger partial charge in [-0.15, -0.1) is 11.6 Å². The first-order valence-corrected chi connectivity index (χ1v) is 7.92. The molecule has 0 amide bonds. The van der Waals surface area contributed by atoms with Gasteiger partial charge in [0.05, 0.1) is 17.6 Å². The third-order valence-electron chi connectivity index (χ3n) is 3.57. The SMILES string of the molecule is Cc1cscc1Cn1c(C(C)Cl)nc2c(C)nn(C)c21. The Morgan fingerprint density at radius 3 is 2.70 bits per heavy atom. The molecule has 6 heteroatoms. The lowest BCUT2D eigenvalue weighted by Crippen LogP contribution is -2.09. The summed E-state index contributed by atoms with van der Waals surface area (Å²) in [5.74, 6) is 0.906. The first-order chi connectivity index (χ1) is 9.49. The molecule has 3 aromatic heterocycles.